The van der Waals surface area contributed by atoms with Crippen LogP contribution in [0.2, 0.25) is 5.02 Å². The number of aromatic amines is 1. The smallest absolute Gasteiger partial charge is 0.272 e. The molecule has 0 aliphatic rings. The third-order valence-corrected chi connectivity index (χ3v) is 4.36. The highest BCUT2D eigenvalue weighted by Gasteiger charge is 2.13. The first-order valence-electron chi connectivity index (χ1n) is 8.14. The highest BCUT2D eigenvalue weighted by Crippen LogP contribution is 2.21. The summed E-state index contributed by atoms with van der Waals surface area (Å²) >= 11 is 6.03. The maximum atomic E-state index is 12.4. The molecule has 0 saturated carbocycles. The minimum atomic E-state index is -0.278. The van der Waals surface area contributed by atoms with E-state index in [0.717, 1.165) is 11.4 Å². The fourth-order valence-electron chi connectivity index (χ4n) is 2.85. The van der Waals surface area contributed by atoms with Crippen molar-refractivity contribution in [2.24, 2.45) is 0 Å². The van der Waals surface area contributed by atoms with Crippen molar-refractivity contribution in [3.8, 4) is 5.69 Å². The van der Waals surface area contributed by atoms with Crippen LogP contribution in [0.25, 0.3) is 16.7 Å². The number of nitrogens with zero attached hydrogens (tertiary/aromatic N) is 3. The number of hydrogen-bond acceptors (Lipinski definition) is 4. The van der Waals surface area contributed by atoms with E-state index in [4.69, 9.17) is 11.6 Å². The monoisotopic (exact) mass is 365 g/mol. The Bertz CT molecular complexity index is 1120. The molecule has 0 spiro atoms. The van der Waals surface area contributed by atoms with Crippen LogP contribution in [-0.2, 0) is 0 Å². The lowest BCUT2D eigenvalue weighted by Crippen LogP contribution is -2.21. The van der Waals surface area contributed by atoms with Crippen LogP contribution >= 0.6 is 11.6 Å². The van der Waals surface area contributed by atoms with Gasteiger partial charge in [0.25, 0.3) is 5.56 Å². The molecule has 0 bridgehead atoms. The number of halogens is 1. The Labute approximate surface area is 154 Å². The maximum Gasteiger partial charge on any atom is 0.272 e. The second-order valence-corrected chi connectivity index (χ2v) is 6.44. The Hall–Kier alpha value is -3.12. The minimum Gasteiger partial charge on any atom is -0.377 e. The Morgan fingerprint density at radius 3 is 2.92 bits per heavy atom. The lowest BCUT2D eigenvalue weighted by atomic mass is 10.2. The quantitative estimate of drug-likeness (QED) is 0.574. The number of fused-ring (bicyclic) bond motifs is 1. The van der Waals surface area contributed by atoms with Crippen molar-refractivity contribution in [2.75, 3.05) is 5.32 Å². The predicted molar refractivity (Wildman–Crippen MR) is 103 cm³/mol. The van der Waals surface area contributed by atoms with Gasteiger partial charge in [0.2, 0.25) is 0 Å². The topological polar surface area (TPSA) is 75.6 Å². The summed E-state index contributed by atoms with van der Waals surface area (Å²) in [6.07, 6.45) is 5.34. The molecular formula is C19H16ClN5O. The van der Waals surface area contributed by atoms with E-state index < -0.39 is 0 Å². The zero-order chi connectivity index (χ0) is 18.1. The third-order valence-electron chi connectivity index (χ3n) is 4.12. The molecule has 1 atom stereocenters. The molecular weight excluding hydrogens is 350 g/mol. The summed E-state index contributed by atoms with van der Waals surface area (Å²) in [6, 6.07) is 12.8. The molecule has 7 heteroatoms. The SMILES string of the molecule is C[C@H](Nc1cccc(-n2ccnc2)c1)c1nc2cc(Cl)ccc2[nH]c1=O. The van der Waals surface area contributed by atoms with Crippen LogP contribution in [-0.4, -0.2) is 19.5 Å². The third kappa shape index (κ3) is 3.19. The van der Waals surface area contributed by atoms with E-state index in [1.54, 1.807) is 30.7 Å². The maximum absolute atomic E-state index is 12.4. The minimum absolute atomic E-state index is 0.217. The molecule has 0 radical (unpaired) electrons. The summed E-state index contributed by atoms with van der Waals surface area (Å²) in [5, 5.41) is 3.91. The largest absolute Gasteiger partial charge is 0.377 e. The van der Waals surface area contributed by atoms with Gasteiger partial charge in [-0.25, -0.2) is 9.97 Å². The van der Waals surface area contributed by atoms with Crippen LogP contribution in [0.4, 0.5) is 5.69 Å². The molecule has 6 nitrogen and oxygen atoms in total. The molecule has 130 valence electrons. The zero-order valence-electron chi connectivity index (χ0n) is 14.0. The van der Waals surface area contributed by atoms with Crippen LogP contribution in [0.1, 0.15) is 18.7 Å². The number of aromatic nitrogens is 4. The summed E-state index contributed by atoms with van der Waals surface area (Å²) in [6.45, 7) is 1.90. The summed E-state index contributed by atoms with van der Waals surface area (Å²) in [5.74, 6) is 0. The first-order chi connectivity index (χ1) is 12.6. The lowest BCUT2D eigenvalue weighted by molar-refractivity contribution is 0.823. The molecule has 4 aromatic rings. The van der Waals surface area contributed by atoms with Crippen molar-refractivity contribution in [3.63, 3.8) is 0 Å². The van der Waals surface area contributed by atoms with Crippen molar-refractivity contribution in [2.45, 2.75) is 13.0 Å². The van der Waals surface area contributed by atoms with Gasteiger partial charge in [0, 0.05) is 28.8 Å². The van der Waals surface area contributed by atoms with Gasteiger partial charge in [0.05, 0.1) is 23.4 Å². The number of anilines is 1. The van der Waals surface area contributed by atoms with Crippen LogP contribution in [0, 0.1) is 0 Å². The fraction of sp³-hybridized carbons (Fsp3) is 0.105. The molecule has 0 aliphatic heterocycles. The van der Waals surface area contributed by atoms with E-state index >= 15 is 0 Å². The number of hydrogen-bond donors (Lipinski definition) is 2. The highest BCUT2D eigenvalue weighted by atomic mass is 35.5. The van der Waals surface area contributed by atoms with Crippen LogP contribution < -0.4 is 10.9 Å². The van der Waals surface area contributed by atoms with Gasteiger partial charge in [-0.3, -0.25) is 4.79 Å². The summed E-state index contributed by atoms with van der Waals surface area (Å²) in [4.78, 5) is 23.8. The number of benzene rings is 2. The summed E-state index contributed by atoms with van der Waals surface area (Å²) < 4.78 is 1.92. The number of rotatable bonds is 4. The molecule has 26 heavy (non-hydrogen) atoms. The molecule has 0 fully saturated rings. The van der Waals surface area contributed by atoms with Gasteiger partial charge in [0.15, 0.2) is 0 Å². The van der Waals surface area contributed by atoms with Crippen molar-refractivity contribution in [1.29, 1.82) is 0 Å². The van der Waals surface area contributed by atoms with E-state index in [0.29, 0.717) is 21.7 Å². The van der Waals surface area contributed by atoms with Crippen molar-refractivity contribution in [1.82, 2.24) is 19.5 Å². The molecule has 0 saturated heterocycles. The Balaban J connectivity index is 1.65. The summed E-state index contributed by atoms with van der Waals surface area (Å²) in [5.41, 5.74) is 3.38. The Kier molecular flexibility index (Phi) is 4.18. The second-order valence-electron chi connectivity index (χ2n) is 6.00. The van der Waals surface area contributed by atoms with Crippen molar-refractivity contribution in [3.05, 3.63) is 82.3 Å². The standard InChI is InChI=1S/C19H16ClN5O/c1-12(18-19(26)24-16-6-5-13(20)9-17(16)23-18)22-14-3-2-4-15(10-14)25-8-7-21-11-25/h2-12,22H,1H3,(H,24,26)/t12-/m0/s1. The van der Waals surface area contributed by atoms with E-state index in [1.807, 2.05) is 42.0 Å². The summed E-state index contributed by atoms with van der Waals surface area (Å²) in [7, 11) is 0. The first-order valence-corrected chi connectivity index (χ1v) is 8.52. The zero-order valence-corrected chi connectivity index (χ0v) is 14.7. The van der Waals surface area contributed by atoms with Gasteiger partial charge in [-0.1, -0.05) is 17.7 Å². The van der Waals surface area contributed by atoms with Gasteiger partial charge in [-0.15, -0.1) is 0 Å². The molecule has 4 rings (SSSR count). The number of imidazole rings is 1. The normalized spacial score (nSPS) is 12.2. The Morgan fingerprint density at radius 1 is 1.23 bits per heavy atom. The molecule has 2 heterocycles. The Morgan fingerprint density at radius 2 is 2.12 bits per heavy atom. The fourth-order valence-corrected chi connectivity index (χ4v) is 3.02. The first kappa shape index (κ1) is 16.4. The number of H-pyrrole nitrogens is 1. The van der Waals surface area contributed by atoms with Crippen molar-refractivity contribution >= 4 is 28.3 Å². The molecule has 2 aromatic carbocycles. The van der Waals surface area contributed by atoms with E-state index in [-0.39, 0.29) is 11.6 Å². The van der Waals surface area contributed by atoms with Crippen LogP contribution in [0.5, 0.6) is 0 Å². The van der Waals surface area contributed by atoms with Gasteiger partial charge < -0.3 is 14.9 Å². The van der Waals surface area contributed by atoms with E-state index in [2.05, 4.69) is 20.3 Å². The molecule has 0 amide bonds. The molecule has 0 aliphatic carbocycles. The lowest BCUT2D eigenvalue weighted by Gasteiger charge is -2.15. The molecule has 2 aromatic heterocycles. The van der Waals surface area contributed by atoms with E-state index in [9.17, 15) is 4.79 Å². The van der Waals surface area contributed by atoms with Crippen LogP contribution in [0.15, 0.2) is 66.0 Å². The number of nitrogens with one attached hydrogen (secondary N) is 2. The average Bonchev–Trinajstić information content (AvgIpc) is 3.16. The molecule has 2 N–H and O–H groups in total. The van der Waals surface area contributed by atoms with Gasteiger partial charge in [-0.2, -0.15) is 0 Å². The van der Waals surface area contributed by atoms with Gasteiger partial charge >= 0.3 is 0 Å². The predicted octanol–water partition coefficient (Wildman–Crippen LogP) is 3.94. The average molecular weight is 366 g/mol. The van der Waals surface area contributed by atoms with Gasteiger partial charge in [-0.05, 0) is 43.3 Å². The highest BCUT2D eigenvalue weighted by molar-refractivity contribution is 6.31. The van der Waals surface area contributed by atoms with Crippen molar-refractivity contribution < 1.29 is 0 Å². The van der Waals surface area contributed by atoms with E-state index in [1.165, 1.54) is 0 Å². The van der Waals surface area contributed by atoms with Crippen LogP contribution in [0.3, 0.4) is 0 Å². The second kappa shape index (κ2) is 6.65. The van der Waals surface area contributed by atoms with Gasteiger partial charge in [0.1, 0.15) is 5.69 Å². The molecule has 0 unspecified atom stereocenters.